The molecule has 22 heavy (non-hydrogen) atoms. The second-order valence-corrected chi connectivity index (χ2v) is 5.06. The fourth-order valence-electron chi connectivity index (χ4n) is 2.61. The third kappa shape index (κ3) is 2.35. The number of carboxylic acids is 1. The van der Waals surface area contributed by atoms with Crippen molar-refractivity contribution in [2.24, 2.45) is 0 Å². The molecular formula is C18H15NO3. The van der Waals surface area contributed by atoms with Gasteiger partial charge in [-0.05, 0) is 30.7 Å². The van der Waals surface area contributed by atoms with Crippen LogP contribution in [0.25, 0.3) is 16.9 Å². The summed E-state index contributed by atoms with van der Waals surface area (Å²) in [5.41, 5.74) is 3.30. The number of hydrogen-bond donors (Lipinski definition) is 2. The van der Waals surface area contributed by atoms with Crippen molar-refractivity contribution in [2.45, 2.75) is 6.92 Å². The number of nitrogens with zero attached hydrogens (tertiary/aromatic N) is 1. The number of rotatable bonds is 3. The van der Waals surface area contributed by atoms with Crippen LogP contribution in [0.2, 0.25) is 0 Å². The van der Waals surface area contributed by atoms with Crippen molar-refractivity contribution in [3.63, 3.8) is 0 Å². The van der Waals surface area contributed by atoms with Crippen LogP contribution in [0.4, 0.5) is 0 Å². The molecule has 110 valence electrons. The number of aromatic hydroxyl groups is 1. The van der Waals surface area contributed by atoms with Gasteiger partial charge >= 0.3 is 5.97 Å². The summed E-state index contributed by atoms with van der Waals surface area (Å²) < 4.78 is 1.85. The number of aromatic nitrogens is 1. The zero-order valence-electron chi connectivity index (χ0n) is 12.0. The molecule has 2 N–H and O–H groups in total. The smallest absolute Gasteiger partial charge is 0.337 e. The molecular weight excluding hydrogens is 278 g/mol. The SMILES string of the molecule is Cc1c(C(=O)O)cc(-c2ccccc2)n1-c1cccc(O)c1. The molecule has 0 spiro atoms. The molecule has 0 aliphatic heterocycles. The van der Waals surface area contributed by atoms with Crippen LogP contribution in [0.3, 0.4) is 0 Å². The standard InChI is InChI=1S/C18H15NO3/c1-12-16(18(21)22)11-17(13-6-3-2-4-7-13)19(12)14-8-5-9-15(20)10-14/h2-11,20H,1H3,(H,21,22). The van der Waals surface area contributed by atoms with Gasteiger partial charge in [0, 0.05) is 17.4 Å². The fraction of sp³-hybridized carbons (Fsp3) is 0.0556. The molecule has 0 saturated carbocycles. The van der Waals surface area contributed by atoms with E-state index in [0.29, 0.717) is 5.69 Å². The Kier molecular flexibility index (Phi) is 3.43. The lowest BCUT2D eigenvalue weighted by Gasteiger charge is -2.12. The lowest BCUT2D eigenvalue weighted by atomic mass is 10.1. The summed E-state index contributed by atoms with van der Waals surface area (Å²) in [5.74, 6) is -0.824. The molecule has 2 aromatic carbocycles. The molecule has 0 atom stereocenters. The number of benzene rings is 2. The fourth-order valence-corrected chi connectivity index (χ4v) is 2.61. The van der Waals surface area contributed by atoms with Crippen molar-refractivity contribution >= 4 is 5.97 Å². The maximum Gasteiger partial charge on any atom is 0.337 e. The number of phenolic OH excluding ortho intramolecular Hbond substituents is 1. The Morgan fingerprint density at radius 2 is 1.73 bits per heavy atom. The quantitative estimate of drug-likeness (QED) is 0.771. The van der Waals surface area contributed by atoms with Gasteiger partial charge in [0.1, 0.15) is 5.75 Å². The van der Waals surface area contributed by atoms with Crippen LogP contribution >= 0.6 is 0 Å². The van der Waals surface area contributed by atoms with Crippen molar-refractivity contribution in [2.75, 3.05) is 0 Å². The first-order valence-electron chi connectivity index (χ1n) is 6.88. The van der Waals surface area contributed by atoms with Crippen molar-refractivity contribution < 1.29 is 15.0 Å². The van der Waals surface area contributed by atoms with Gasteiger partial charge in [-0.25, -0.2) is 4.79 Å². The van der Waals surface area contributed by atoms with E-state index in [1.165, 1.54) is 0 Å². The van der Waals surface area contributed by atoms with E-state index in [1.54, 1.807) is 31.2 Å². The van der Waals surface area contributed by atoms with Gasteiger partial charge in [0.15, 0.2) is 0 Å². The number of carbonyl (C=O) groups is 1. The highest BCUT2D eigenvalue weighted by atomic mass is 16.4. The summed E-state index contributed by atoms with van der Waals surface area (Å²) >= 11 is 0. The molecule has 0 bridgehead atoms. The Morgan fingerprint density at radius 3 is 2.36 bits per heavy atom. The van der Waals surface area contributed by atoms with E-state index < -0.39 is 5.97 Å². The Bertz CT molecular complexity index is 835. The molecule has 0 aliphatic carbocycles. The van der Waals surface area contributed by atoms with E-state index >= 15 is 0 Å². The molecule has 3 rings (SSSR count). The molecule has 1 aromatic heterocycles. The first-order valence-corrected chi connectivity index (χ1v) is 6.88. The van der Waals surface area contributed by atoms with Crippen LogP contribution in [-0.2, 0) is 0 Å². The van der Waals surface area contributed by atoms with Gasteiger partial charge in [-0.2, -0.15) is 0 Å². The van der Waals surface area contributed by atoms with Crippen LogP contribution in [0, 0.1) is 6.92 Å². The van der Waals surface area contributed by atoms with Gasteiger partial charge in [0.05, 0.1) is 11.3 Å². The molecule has 4 nitrogen and oxygen atoms in total. The number of hydrogen-bond acceptors (Lipinski definition) is 2. The van der Waals surface area contributed by atoms with E-state index in [2.05, 4.69) is 0 Å². The van der Waals surface area contributed by atoms with Crippen molar-refractivity contribution in [1.82, 2.24) is 4.57 Å². The van der Waals surface area contributed by atoms with Crippen LogP contribution in [-0.4, -0.2) is 20.7 Å². The first kappa shape index (κ1) is 13.9. The molecule has 0 radical (unpaired) electrons. The van der Waals surface area contributed by atoms with Gasteiger partial charge in [0.2, 0.25) is 0 Å². The topological polar surface area (TPSA) is 62.5 Å². The van der Waals surface area contributed by atoms with E-state index in [9.17, 15) is 15.0 Å². The highest BCUT2D eigenvalue weighted by molar-refractivity contribution is 5.91. The summed E-state index contributed by atoms with van der Waals surface area (Å²) in [6.07, 6.45) is 0. The lowest BCUT2D eigenvalue weighted by Crippen LogP contribution is -2.02. The maximum atomic E-state index is 11.5. The van der Waals surface area contributed by atoms with Crippen LogP contribution in [0.15, 0.2) is 60.7 Å². The number of carboxylic acid groups (broad SMARTS) is 1. The molecule has 1 heterocycles. The molecule has 4 heteroatoms. The third-order valence-electron chi connectivity index (χ3n) is 3.64. The molecule has 0 aliphatic rings. The molecule has 0 saturated heterocycles. The maximum absolute atomic E-state index is 11.5. The zero-order chi connectivity index (χ0) is 15.7. The predicted octanol–water partition coefficient (Wildman–Crippen LogP) is 3.86. The van der Waals surface area contributed by atoms with E-state index in [0.717, 1.165) is 16.9 Å². The molecule has 0 fully saturated rings. The van der Waals surface area contributed by atoms with Gasteiger partial charge in [-0.1, -0.05) is 36.4 Å². The van der Waals surface area contributed by atoms with Gasteiger partial charge < -0.3 is 14.8 Å². The van der Waals surface area contributed by atoms with Crippen molar-refractivity contribution in [3.8, 4) is 22.7 Å². The Hall–Kier alpha value is -3.01. The summed E-state index contributed by atoms with van der Waals surface area (Å²) in [7, 11) is 0. The minimum Gasteiger partial charge on any atom is -0.508 e. The van der Waals surface area contributed by atoms with Crippen LogP contribution in [0.1, 0.15) is 16.1 Å². The minimum atomic E-state index is -0.964. The van der Waals surface area contributed by atoms with E-state index in [4.69, 9.17) is 0 Å². The lowest BCUT2D eigenvalue weighted by molar-refractivity contribution is 0.0696. The average Bonchev–Trinajstić information content (AvgIpc) is 2.86. The highest BCUT2D eigenvalue weighted by Crippen LogP contribution is 2.30. The summed E-state index contributed by atoms with van der Waals surface area (Å²) in [6.45, 7) is 1.76. The monoisotopic (exact) mass is 293 g/mol. The highest BCUT2D eigenvalue weighted by Gasteiger charge is 2.19. The Morgan fingerprint density at radius 1 is 1.00 bits per heavy atom. The van der Waals surface area contributed by atoms with Gasteiger partial charge in [0.25, 0.3) is 0 Å². The van der Waals surface area contributed by atoms with Crippen LogP contribution in [0.5, 0.6) is 5.75 Å². The van der Waals surface area contributed by atoms with E-state index in [-0.39, 0.29) is 11.3 Å². The normalized spacial score (nSPS) is 10.6. The minimum absolute atomic E-state index is 0.140. The molecule has 0 unspecified atom stereocenters. The molecule has 0 amide bonds. The largest absolute Gasteiger partial charge is 0.508 e. The summed E-state index contributed by atoms with van der Waals surface area (Å²) in [6, 6.07) is 18.0. The molecule has 3 aromatic rings. The van der Waals surface area contributed by atoms with Crippen LogP contribution < -0.4 is 0 Å². The van der Waals surface area contributed by atoms with Gasteiger partial charge in [-0.15, -0.1) is 0 Å². The Labute approximate surface area is 127 Å². The third-order valence-corrected chi connectivity index (χ3v) is 3.64. The van der Waals surface area contributed by atoms with E-state index in [1.807, 2.05) is 41.0 Å². The average molecular weight is 293 g/mol. The second-order valence-electron chi connectivity index (χ2n) is 5.06. The first-order chi connectivity index (χ1) is 10.6. The zero-order valence-corrected chi connectivity index (χ0v) is 12.0. The number of phenols is 1. The van der Waals surface area contributed by atoms with Crippen molar-refractivity contribution in [3.05, 3.63) is 71.9 Å². The van der Waals surface area contributed by atoms with Gasteiger partial charge in [-0.3, -0.25) is 0 Å². The number of aromatic carboxylic acids is 1. The van der Waals surface area contributed by atoms with Crippen molar-refractivity contribution in [1.29, 1.82) is 0 Å². The second kappa shape index (κ2) is 5.41. The summed E-state index contributed by atoms with van der Waals surface area (Å²) in [5, 5.41) is 19.1. The predicted molar refractivity (Wildman–Crippen MR) is 84.6 cm³/mol. The summed E-state index contributed by atoms with van der Waals surface area (Å²) in [4.78, 5) is 11.5. The Balaban J connectivity index is 2.30.